The Morgan fingerprint density at radius 3 is 2.33 bits per heavy atom. The van der Waals surface area contributed by atoms with Crippen molar-refractivity contribution in [2.45, 2.75) is 19.8 Å². The Labute approximate surface area is 122 Å². The third kappa shape index (κ3) is 11.4. The first kappa shape index (κ1) is 18.8. The maximum Gasteiger partial charge on any atom is 0.321 e. The van der Waals surface area contributed by atoms with Gasteiger partial charge in [0.2, 0.25) is 11.8 Å². The summed E-state index contributed by atoms with van der Waals surface area (Å²) in [6.45, 7) is 2.00. The van der Waals surface area contributed by atoms with Gasteiger partial charge in [-0.2, -0.15) is 0 Å². The predicted molar refractivity (Wildman–Crippen MR) is 72.5 cm³/mol. The van der Waals surface area contributed by atoms with E-state index in [9.17, 15) is 19.2 Å². The lowest BCUT2D eigenvalue weighted by molar-refractivity contribution is -0.138. The zero-order chi connectivity index (χ0) is 16.3. The molecule has 0 aliphatic carbocycles. The molecule has 0 fully saturated rings. The third-order valence-electron chi connectivity index (χ3n) is 2.35. The third-order valence-corrected chi connectivity index (χ3v) is 2.35. The molecule has 0 bridgehead atoms. The Bertz CT molecular complexity index is 385. The molecule has 120 valence electrons. The smallest absolute Gasteiger partial charge is 0.321 e. The van der Waals surface area contributed by atoms with Crippen molar-refractivity contribution in [1.29, 1.82) is 0 Å². The Hall–Kier alpha value is -2.16. The number of carboxylic acids is 1. The summed E-state index contributed by atoms with van der Waals surface area (Å²) in [5.74, 6) is -2.39. The summed E-state index contributed by atoms with van der Waals surface area (Å²) in [7, 11) is 1.49. The molecule has 0 rings (SSSR count). The lowest BCUT2D eigenvalue weighted by Gasteiger charge is -2.09. The van der Waals surface area contributed by atoms with Crippen LogP contribution >= 0.6 is 0 Å². The van der Waals surface area contributed by atoms with Crippen LogP contribution in [0, 0.1) is 5.92 Å². The maximum atomic E-state index is 11.4. The molecule has 0 saturated heterocycles. The minimum absolute atomic E-state index is 0.0836. The summed E-state index contributed by atoms with van der Waals surface area (Å²) in [4.78, 5) is 44.4. The fourth-order valence-corrected chi connectivity index (χ4v) is 1.42. The monoisotopic (exact) mass is 303 g/mol. The summed E-state index contributed by atoms with van der Waals surface area (Å²) < 4.78 is 4.73. The molecule has 0 radical (unpaired) electrons. The van der Waals surface area contributed by atoms with Gasteiger partial charge in [0, 0.05) is 26.5 Å². The van der Waals surface area contributed by atoms with Crippen molar-refractivity contribution in [3.05, 3.63) is 0 Å². The molecule has 0 aromatic carbocycles. The van der Waals surface area contributed by atoms with Crippen molar-refractivity contribution in [1.82, 2.24) is 16.0 Å². The number of rotatable bonds is 9. The van der Waals surface area contributed by atoms with Gasteiger partial charge in [-0.1, -0.05) is 6.92 Å². The molecule has 0 aliphatic heterocycles. The summed E-state index contributed by atoms with van der Waals surface area (Å²) >= 11 is 0. The van der Waals surface area contributed by atoms with E-state index < -0.39 is 23.8 Å². The highest BCUT2D eigenvalue weighted by Gasteiger charge is 2.15. The number of carbonyl (C=O) groups excluding carboxylic acids is 3. The van der Waals surface area contributed by atoms with Crippen LogP contribution in [-0.4, -0.2) is 55.7 Å². The highest BCUT2D eigenvalue weighted by Crippen LogP contribution is 2.06. The normalized spacial score (nSPS) is 11.3. The molecule has 9 heteroatoms. The number of urea groups is 1. The van der Waals surface area contributed by atoms with Crippen LogP contribution in [0.2, 0.25) is 0 Å². The first-order valence-corrected chi connectivity index (χ1v) is 6.40. The largest absolute Gasteiger partial charge is 0.481 e. The zero-order valence-electron chi connectivity index (χ0n) is 12.1. The van der Waals surface area contributed by atoms with E-state index in [0.29, 0.717) is 13.2 Å². The van der Waals surface area contributed by atoms with Crippen LogP contribution in [0.25, 0.3) is 0 Å². The van der Waals surface area contributed by atoms with Crippen LogP contribution in [0.4, 0.5) is 4.79 Å². The second kappa shape index (κ2) is 10.6. The average molecular weight is 303 g/mol. The molecule has 0 saturated carbocycles. The van der Waals surface area contributed by atoms with E-state index in [1.54, 1.807) is 6.92 Å². The topological polar surface area (TPSA) is 134 Å². The minimum Gasteiger partial charge on any atom is -0.481 e. The summed E-state index contributed by atoms with van der Waals surface area (Å²) in [6, 6.07) is -0.801. The van der Waals surface area contributed by atoms with Gasteiger partial charge < -0.3 is 20.5 Å². The maximum absolute atomic E-state index is 11.4. The average Bonchev–Trinajstić information content (AvgIpc) is 2.35. The van der Waals surface area contributed by atoms with Gasteiger partial charge in [0.05, 0.1) is 13.2 Å². The highest BCUT2D eigenvalue weighted by atomic mass is 16.5. The number of nitrogens with one attached hydrogen (secondary N) is 3. The Morgan fingerprint density at radius 1 is 1.10 bits per heavy atom. The number of ether oxygens (including phenoxy) is 1. The van der Waals surface area contributed by atoms with Crippen molar-refractivity contribution < 1.29 is 29.0 Å². The molecule has 0 aromatic rings. The van der Waals surface area contributed by atoms with Gasteiger partial charge >= 0.3 is 12.0 Å². The van der Waals surface area contributed by atoms with Crippen molar-refractivity contribution in [3.8, 4) is 0 Å². The van der Waals surface area contributed by atoms with E-state index >= 15 is 0 Å². The summed E-state index contributed by atoms with van der Waals surface area (Å²) in [6.07, 6.45) is -0.239. The van der Waals surface area contributed by atoms with Crippen molar-refractivity contribution >= 4 is 23.8 Å². The number of imide groups is 1. The molecular formula is C12H21N3O6. The fourth-order valence-electron chi connectivity index (χ4n) is 1.42. The quantitative estimate of drug-likeness (QED) is 0.407. The lowest BCUT2D eigenvalue weighted by Crippen LogP contribution is -2.44. The number of aliphatic carboxylic acids is 1. The first-order valence-electron chi connectivity index (χ1n) is 6.40. The lowest BCUT2D eigenvalue weighted by atomic mass is 10.0. The van der Waals surface area contributed by atoms with E-state index in [-0.39, 0.29) is 25.3 Å². The predicted octanol–water partition coefficient (Wildman–Crippen LogP) is -0.924. The molecular weight excluding hydrogens is 282 g/mol. The van der Waals surface area contributed by atoms with E-state index in [1.165, 1.54) is 7.11 Å². The standard InChI is InChI=1S/C12H21N3O6/c1-8(6-11(18)19)5-9(16)15-12(20)14-7-10(17)13-3-4-21-2/h8H,3-7H2,1-2H3,(H,13,17)(H,18,19)(H2,14,15,16,20). The van der Waals surface area contributed by atoms with E-state index in [1.807, 2.05) is 5.32 Å². The van der Waals surface area contributed by atoms with E-state index in [4.69, 9.17) is 9.84 Å². The van der Waals surface area contributed by atoms with Gasteiger partial charge in [-0.25, -0.2) is 4.79 Å². The number of carbonyl (C=O) groups is 4. The summed E-state index contributed by atoms with van der Waals surface area (Å²) in [5, 5.41) is 15.3. The molecule has 0 aliphatic rings. The molecule has 0 heterocycles. The molecule has 0 aromatic heterocycles. The number of carboxylic acid groups (broad SMARTS) is 1. The molecule has 4 amide bonds. The van der Waals surface area contributed by atoms with Crippen molar-refractivity contribution in [3.63, 3.8) is 0 Å². The fraction of sp³-hybridized carbons (Fsp3) is 0.667. The minimum atomic E-state index is -1.01. The van der Waals surface area contributed by atoms with Gasteiger partial charge in [-0.15, -0.1) is 0 Å². The molecule has 1 atom stereocenters. The number of hydrogen-bond acceptors (Lipinski definition) is 5. The number of amides is 4. The van der Waals surface area contributed by atoms with Gasteiger partial charge in [-0.3, -0.25) is 19.7 Å². The Balaban J connectivity index is 3.85. The highest BCUT2D eigenvalue weighted by molar-refractivity contribution is 5.95. The van der Waals surface area contributed by atoms with Gasteiger partial charge in [-0.05, 0) is 5.92 Å². The second-order valence-corrected chi connectivity index (χ2v) is 4.48. The van der Waals surface area contributed by atoms with Crippen LogP contribution in [-0.2, 0) is 19.1 Å². The molecule has 21 heavy (non-hydrogen) atoms. The summed E-state index contributed by atoms with van der Waals surface area (Å²) in [5.41, 5.74) is 0. The second-order valence-electron chi connectivity index (χ2n) is 4.48. The Morgan fingerprint density at radius 2 is 1.76 bits per heavy atom. The molecule has 9 nitrogen and oxygen atoms in total. The van der Waals surface area contributed by atoms with Crippen LogP contribution in [0.1, 0.15) is 19.8 Å². The zero-order valence-corrected chi connectivity index (χ0v) is 12.1. The van der Waals surface area contributed by atoms with Crippen LogP contribution in [0.15, 0.2) is 0 Å². The van der Waals surface area contributed by atoms with Crippen molar-refractivity contribution in [2.75, 3.05) is 26.8 Å². The first-order chi connectivity index (χ1) is 9.85. The van der Waals surface area contributed by atoms with Crippen LogP contribution in [0.5, 0.6) is 0 Å². The Kier molecular flexibility index (Phi) is 9.52. The number of hydrogen-bond donors (Lipinski definition) is 4. The van der Waals surface area contributed by atoms with Gasteiger partial charge in [0.15, 0.2) is 0 Å². The molecule has 0 spiro atoms. The SMILES string of the molecule is COCCNC(=O)CNC(=O)NC(=O)CC(C)CC(=O)O. The number of methoxy groups -OCH3 is 1. The van der Waals surface area contributed by atoms with Gasteiger partial charge in [0.25, 0.3) is 0 Å². The van der Waals surface area contributed by atoms with Crippen LogP contribution in [0.3, 0.4) is 0 Å². The van der Waals surface area contributed by atoms with E-state index in [2.05, 4.69) is 10.6 Å². The van der Waals surface area contributed by atoms with Crippen molar-refractivity contribution in [2.24, 2.45) is 5.92 Å². The molecule has 4 N–H and O–H groups in total. The van der Waals surface area contributed by atoms with E-state index in [0.717, 1.165) is 0 Å². The molecule has 1 unspecified atom stereocenters. The van der Waals surface area contributed by atoms with Crippen LogP contribution < -0.4 is 16.0 Å². The van der Waals surface area contributed by atoms with Gasteiger partial charge in [0.1, 0.15) is 0 Å².